The predicted octanol–water partition coefficient (Wildman–Crippen LogP) is 1.06. The molecule has 17 heavy (non-hydrogen) atoms. The first-order chi connectivity index (χ1) is 8.08. The Morgan fingerprint density at radius 3 is 2.35 bits per heavy atom. The summed E-state index contributed by atoms with van der Waals surface area (Å²) < 4.78 is 13.6. The van der Waals surface area contributed by atoms with Gasteiger partial charge in [-0.2, -0.15) is 10.5 Å². The van der Waals surface area contributed by atoms with E-state index in [1.807, 2.05) is 0 Å². The maximum absolute atomic E-state index is 13.6. The first-order valence-electron chi connectivity index (χ1n) is 4.94. The van der Waals surface area contributed by atoms with E-state index in [9.17, 15) is 9.18 Å². The minimum Gasteiger partial charge on any atom is -0.369 e. The standard InChI is InChI=1S/C12H8FN3O/c13-8-4-2-1-3-7(8)9-10(11(16)17)12(9,5-14)6-15/h1-4,9-10H,(H2,16,17). The summed E-state index contributed by atoms with van der Waals surface area (Å²) in [5.41, 5.74) is 3.81. The Bertz CT molecular complexity index is 556. The third-order valence-electron chi connectivity index (χ3n) is 3.12. The molecular weight excluding hydrogens is 221 g/mol. The summed E-state index contributed by atoms with van der Waals surface area (Å²) in [5.74, 6) is -2.98. The fourth-order valence-corrected chi connectivity index (χ4v) is 2.23. The Labute approximate surface area is 97.1 Å². The molecule has 0 radical (unpaired) electrons. The van der Waals surface area contributed by atoms with Gasteiger partial charge >= 0.3 is 0 Å². The molecule has 2 unspecified atom stereocenters. The number of halogens is 1. The van der Waals surface area contributed by atoms with Crippen molar-refractivity contribution in [2.45, 2.75) is 5.92 Å². The summed E-state index contributed by atoms with van der Waals surface area (Å²) >= 11 is 0. The van der Waals surface area contributed by atoms with Crippen molar-refractivity contribution in [3.05, 3.63) is 35.6 Å². The topological polar surface area (TPSA) is 90.7 Å². The molecule has 0 saturated heterocycles. The summed E-state index contributed by atoms with van der Waals surface area (Å²) in [4.78, 5) is 11.2. The number of carbonyl (C=O) groups excluding carboxylic acids is 1. The molecule has 1 aromatic rings. The highest BCUT2D eigenvalue weighted by Gasteiger charge is 2.71. The van der Waals surface area contributed by atoms with E-state index < -0.39 is 29.0 Å². The molecule has 2 N–H and O–H groups in total. The zero-order valence-corrected chi connectivity index (χ0v) is 8.72. The molecule has 1 saturated carbocycles. The van der Waals surface area contributed by atoms with Gasteiger partial charge in [-0.25, -0.2) is 4.39 Å². The lowest BCUT2D eigenvalue weighted by Crippen LogP contribution is -2.17. The van der Waals surface area contributed by atoms with Gasteiger partial charge in [-0.1, -0.05) is 18.2 Å². The van der Waals surface area contributed by atoms with Crippen LogP contribution in [-0.4, -0.2) is 5.91 Å². The average molecular weight is 229 g/mol. The summed E-state index contributed by atoms with van der Waals surface area (Å²) in [6.07, 6.45) is 0. The zero-order valence-electron chi connectivity index (χ0n) is 8.72. The van der Waals surface area contributed by atoms with Crippen LogP contribution in [0.2, 0.25) is 0 Å². The number of benzene rings is 1. The number of rotatable bonds is 2. The van der Waals surface area contributed by atoms with Crippen molar-refractivity contribution in [2.24, 2.45) is 17.1 Å². The Balaban J connectivity index is 2.50. The molecule has 0 spiro atoms. The Hall–Kier alpha value is -2.40. The second-order valence-electron chi connectivity index (χ2n) is 3.97. The number of amides is 1. The van der Waals surface area contributed by atoms with Crippen LogP contribution in [-0.2, 0) is 4.79 Å². The molecule has 0 bridgehead atoms. The normalized spacial score (nSPS) is 24.4. The summed E-state index contributed by atoms with van der Waals surface area (Å²) in [5, 5.41) is 18.0. The molecule has 2 rings (SSSR count). The predicted molar refractivity (Wildman–Crippen MR) is 55.5 cm³/mol. The van der Waals surface area contributed by atoms with Crippen LogP contribution in [0.1, 0.15) is 11.5 Å². The number of carbonyl (C=O) groups is 1. The van der Waals surface area contributed by atoms with Gasteiger partial charge in [0.1, 0.15) is 5.82 Å². The van der Waals surface area contributed by atoms with E-state index in [1.165, 1.54) is 18.2 Å². The highest BCUT2D eigenvalue weighted by Crippen LogP contribution is 2.64. The van der Waals surface area contributed by atoms with Gasteiger partial charge in [0.2, 0.25) is 5.91 Å². The lowest BCUT2D eigenvalue weighted by Gasteiger charge is -2.00. The third kappa shape index (κ3) is 1.37. The van der Waals surface area contributed by atoms with Crippen LogP contribution in [0.25, 0.3) is 0 Å². The maximum atomic E-state index is 13.6. The quantitative estimate of drug-likeness (QED) is 0.821. The van der Waals surface area contributed by atoms with Crippen LogP contribution in [0.4, 0.5) is 4.39 Å². The van der Waals surface area contributed by atoms with Crippen LogP contribution in [0.5, 0.6) is 0 Å². The molecule has 5 heteroatoms. The van der Waals surface area contributed by atoms with Gasteiger partial charge in [0.15, 0.2) is 5.41 Å². The first-order valence-corrected chi connectivity index (χ1v) is 4.94. The molecule has 2 atom stereocenters. The van der Waals surface area contributed by atoms with Gasteiger partial charge in [-0.05, 0) is 11.6 Å². The number of nitrogens with zero attached hydrogens (tertiary/aromatic N) is 2. The lowest BCUT2D eigenvalue weighted by molar-refractivity contribution is -0.119. The van der Waals surface area contributed by atoms with Crippen LogP contribution in [0.3, 0.4) is 0 Å². The van der Waals surface area contributed by atoms with Crippen molar-refractivity contribution in [3.8, 4) is 12.1 Å². The smallest absolute Gasteiger partial charge is 0.223 e. The molecule has 4 nitrogen and oxygen atoms in total. The van der Waals surface area contributed by atoms with E-state index in [-0.39, 0.29) is 5.56 Å². The van der Waals surface area contributed by atoms with Gasteiger partial charge < -0.3 is 5.73 Å². The fourth-order valence-electron chi connectivity index (χ4n) is 2.23. The molecule has 1 amide bonds. The van der Waals surface area contributed by atoms with E-state index in [2.05, 4.69) is 0 Å². The summed E-state index contributed by atoms with van der Waals surface area (Å²) in [6, 6.07) is 9.35. The molecule has 0 aliphatic heterocycles. The number of nitriles is 2. The Kier molecular flexibility index (Phi) is 2.33. The first kappa shape index (κ1) is 11.1. The number of primary amides is 1. The molecule has 1 aromatic carbocycles. The van der Waals surface area contributed by atoms with Gasteiger partial charge in [-0.15, -0.1) is 0 Å². The number of nitrogens with two attached hydrogens (primary N) is 1. The molecule has 1 aliphatic carbocycles. The number of hydrogen-bond acceptors (Lipinski definition) is 3. The summed E-state index contributed by atoms with van der Waals surface area (Å²) in [6.45, 7) is 0. The second kappa shape index (κ2) is 3.57. The van der Waals surface area contributed by atoms with Crippen molar-refractivity contribution < 1.29 is 9.18 Å². The number of hydrogen-bond donors (Lipinski definition) is 1. The molecule has 1 fully saturated rings. The maximum Gasteiger partial charge on any atom is 0.223 e. The highest BCUT2D eigenvalue weighted by molar-refractivity contribution is 5.85. The largest absolute Gasteiger partial charge is 0.369 e. The van der Waals surface area contributed by atoms with E-state index in [1.54, 1.807) is 18.2 Å². The van der Waals surface area contributed by atoms with Crippen LogP contribution >= 0.6 is 0 Å². The third-order valence-corrected chi connectivity index (χ3v) is 3.12. The van der Waals surface area contributed by atoms with E-state index in [0.29, 0.717) is 0 Å². The second-order valence-corrected chi connectivity index (χ2v) is 3.97. The van der Waals surface area contributed by atoms with Crippen LogP contribution in [0, 0.1) is 39.8 Å². The van der Waals surface area contributed by atoms with Crippen molar-refractivity contribution in [1.82, 2.24) is 0 Å². The molecule has 0 aromatic heterocycles. The van der Waals surface area contributed by atoms with Gasteiger partial charge in [0.05, 0.1) is 18.1 Å². The molecule has 84 valence electrons. The van der Waals surface area contributed by atoms with Crippen LogP contribution in [0.15, 0.2) is 24.3 Å². The van der Waals surface area contributed by atoms with Crippen molar-refractivity contribution >= 4 is 5.91 Å². The Morgan fingerprint density at radius 2 is 1.94 bits per heavy atom. The average Bonchev–Trinajstić information content (AvgIpc) is 2.99. The van der Waals surface area contributed by atoms with Gasteiger partial charge in [-0.3, -0.25) is 4.79 Å². The van der Waals surface area contributed by atoms with Gasteiger partial charge in [0.25, 0.3) is 0 Å². The Morgan fingerprint density at radius 1 is 1.35 bits per heavy atom. The van der Waals surface area contributed by atoms with E-state index in [4.69, 9.17) is 16.3 Å². The highest BCUT2D eigenvalue weighted by atomic mass is 19.1. The minimum absolute atomic E-state index is 0.194. The van der Waals surface area contributed by atoms with Gasteiger partial charge in [0, 0.05) is 5.92 Å². The lowest BCUT2D eigenvalue weighted by atomic mass is 10.0. The molecular formula is C12H8FN3O. The molecule has 1 aliphatic rings. The monoisotopic (exact) mass is 229 g/mol. The van der Waals surface area contributed by atoms with Crippen LogP contribution < -0.4 is 5.73 Å². The molecule has 0 heterocycles. The minimum atomic E-state index is -1.52. The summed E-state index contributed by atoms with van der Waals surface area (Å²) in [7, 11) is 0. The van der Waals surface area contributed by atoms with Crippen molar-refractivity contribution in [1.29, 1.82) is 10.5 Å². The van der Waals surface area contributed by atoms with Crippen molar-refractivity contribution in [2.75, 3.05) is 0 Å². The SMILES string of the molecule is N#CC1(C#N)C(C(N)=O)C1c1ccccc1F. The zero-order chi connectivity index (χ0) is 12.6. The van der Waals surface area contributed by atoms with E-state index in [0.717, 1.165) is 0 Å². The van der Waals surface area contributed by atoms with E-state index >= 15 is 0 Å². The fraction of sp³-hybridized carbons (Fsp3) is 0.250. The van der Waals surface area contributed by atoms with Crippen molar-refractivity contribution in [3.63, 3.8) is 0 Å².